The zero-order chi connectivity index (χ0) is 21.8. The highest BCUT2D eigenvalue weighted by Gasteiger charge is 2.32. The number of thioether (sulfide) groups is 1. The lowest BCUT2D eigenvalue weighted by molar-refractivity contribution is -0.144. The van der Waals surface area contributed by atoms with Crippen LogP contribution in [0.25, 0.3) is 6.08 Å². The Morgan fingerprint density at radius 3 is 2.70 bits per heavy atom. The largest absolute Gasteiger partial charge is 0.506 e. The molecule has 0 radical (unpaired) electrons. The number of carboxylic acids is 1. The quantitative estimate of drug-likeness (QED) is 0.673. The van der Waals surface area contributed by atoms with Crippen LogP contribution in [0.2, 0.25) is 0 Å². The molecule has 1 amide bonds. The predicted octanol–water partition coefficient (Wildman–Crippen LogP) is 4.18. The molecular formula is C22H22N2O5S. The monoisotopic (exact) mass is 426 g/mol. The summed E-state index contributed by atoms with van der Waals surface area (Å²) in [5.41, 5.74) is 1.89. The molecule has 0 aromatic heterocycles. The van der Waals surface area contributed by atoms with E-state index in [0.717, 1.165) is 5.56 Å². The van der Waals surface area contributed by atoms with Gasteiger partial charge in [0.25, 0.3) is 5.91 Å². The van der Waals surface area contributed by atoms with Crippen molar-refractivity contribution in [2.75, 3.05) is 6.54 Å². The zero-order valence-electron chi connectivity index (χ0n) is 16.8. The molecule has 1 fully saturated rings. The van der Waals surface area contributed by atoms with E-state index in [4.69, 9.17) is 9.84 Å². The van der Waals surface area contributed by atoms with Gasteiger partial charge in [0.05, 0.1) is 4.91 Å². The Kier molecular flexibility index (Phi) is 6.47. The lowest BCUT2D eigenvalue weighted by Crippen LogP contribution is -2.28. The van der Waals surface area contributed by atoms with Crippen LogP contribution in [0.15, 0.2) is 52.4 Å². The van der Waals surface area contributed by atoms with Crippen LogP contribution in [0, 0.1) is 6.92 Å². The number of amidine groups is 1. The van der Waals surface area contributed by atoms with E-state index in [0.29, 0.717) is 33.6 Å². The van der Waals surface area contributed by atoms with Crippen LogP contribution < -0.4 is 4.74 Å². The second-order valence-electron chi connectivity index (χ2n) is 6.68. The van der Waals surface area contributed by atoms with Crippen LogP contribution in [0.5, 0.6) is 11.5 Å². The molecule has 1 aliphatic rings. The van der Waals surface area contributed by atoms with E-state index in [2.05, 4.69) is 4.99 Å². The third-order valence-corrected chi connectivity index (χ3v) is 5.42. The third kappa shape index (κ3) is 4.65. The van der Waals surface area contributed by atoms with Gasteiger partial charge >= 0.3 is 5.97 Å². The number of likely N-dealkylation sites (N-methyl/N-ethyl adjacent to an activating group) is 1. The topological polar surface area (TPSA) is 99.4 Å². The van der Waals surface area contributed by atoms with Crippen molar-refractivity contribution in [3.05, 3.63) is 58.5 Å². The molecule has 0 saturated carbocycles. The minimum absolute atomic E-state index is 0.0467. The van der Waals surface area contributed by atoms with Gasteiger partial charge < -0.3 is 14.9 Å². The number of hydrogen-bond donors (Lipinski definition) is 2. The first-order chi connectivity index (χ1) is 14.3. The van der Waals surface area contributed by atoms with Crippen molar-refractivity contribution < 1.29 is 24.5 Å². The summed E-state index contributed by atoms with van der Waals surface area (Å²) >= 11 is 1.19. The van der Waals surface area contributed by atoms with E-state index in [1.54, 1.807) is 42.5 Å². The molecule has 0 spiro atoms. The second kappa shape index (κ2) is 9.04. The van der Waals surface area contributed by atoms with Crippen molar-refractivity contribution in [3.8, 4) is 11.5 Å². The number of carbonyl (C=O) groups excluding carboxylic acids is 1. The Morgan fingerprint density at radius 1 is 1.30 bits per heavy atom. The maximum absolute atomic E-state index is 12.9. The Labute approximate surface area is 178 Å². The summed E-state index contributed by atoms with van der Waals surface area (Å²) < 4.78 is 5.51. The number of aromatic hydroxyl groups is 1. The van der Waals surface area contributed by atoms with Crippen molar-refractivity contribution in [2.24, 2.45) is 4.99 Å². The molecule has 1 saturated heterocycles. The van der Waals surface area contributed by atoms with Crippen molar-refractivity contribution >= 4 is 40.6 Å². The molecule has 0 bridgehead atoms. The molecule has 1 heterocycles. The number of aliphatic imine (C=N–C) groups is 1. The first-order valence-electron chi connectivity index (χ1n) is 9.38. The zero-order valence-corrected chi connectivity index (χ0v) is 17.6. The molecule has 1 atom stereocenters. The van der Waals surface area contributed by atoms with Gasteiger partial charge in [-0.15, -0.1) is 0 Å². The summed E-state index contributed by atoms with van der Waals surface area (Å²) in [5, 5.41) is 19.7. The number of phenolic OH excluding ortho intramolecular Hbond substituents is 1. The van der Waals surface area contributed by atoms with Crippen LogP contribution in [-0.4, -0.2) is 44.8 Å². The highest BCUT2D eigenvalue weighted by atomic mass is 32.2. The standard InChI is InChI=1S/C22H22N2O5S/c1-4-24-20(26)19(30-22(24)23-16-10-9-13(2)11-17(16)25)12-15-7-5-6-8-18(15)29-14(3)21(27)28/h5-12,14,25H,4H2,1-3H3,(H,27,28)/b19-12-,23-22?. The molecular weight excluding hydrogens is 404 g/mol. The number of hydrogen-bond acceptors (Lipinski definition) is 6. The fourth-order valence-electron chi connectivity index (χ4n) is 2.79. The maximum atomic E-state index is 12.9. The van der Waals surface area contributed by atoms with E-state index in [-0.39, 0.29) is 11.7 Å². The number of amides is 1. The molecule has 7 nitrogen and oxygen atoms in total. The molecule has 30 heavy (non-hydrogen) atoms. The van der Waals surface area contributed by atoms with Gasteiger partial charge in [0, 0.05) is 12.1 Å². The highest BCUT2D eigenvalue weighted by Crippen LogP contribution is 2.37. The predicted molar refractivity (Wildman–Crippen MR) is 117 cm³/mol. The minimum Gasteiger partial charge on any atom is -0.506 e. The van der Waals surface area contributed by atoms with Gasteiger partial charge in [0.15, 0.2) is 11.3 Å². The number of aryl methyl sites for hydroxylation is 1. The molecule has 156 valence electrons. The van der Waals surface area contributed by atoms with E-state index in [1.165, 1.54) is 23.6 Å². The summed E-state index contributed by atoms with van der Waals surface area (Å²) in [6, 6.07) is 12.1. The van der Waals surface area contributed by atoms with E-state index in [1.807, 2.05) is 19.9 Å². The van der Waals surface area contributed by atoms with Crippen molar-refractivity contribution in [3.63, 3.8) is 0 Å². The molecule has 2 aromatic rings. The number of benzene rings is 2. The smallest absolute Gasteiger partial charge is 0.344 e. The highest BCUT2D eigenvalue weighted by molar-refractivity contribution is 8.18. The number of aliphatic carboxylic acids is 1. The number of carbonyl (C=O) groups is 2. The Hall–Kier alpha value is -3.26. The number of para-hydroxylation sites is 1. The van der Waals surface area contributed by atoms with Gasteiger partial charge in [-0.3, -0.25) is 9.69 Å². The Morgan fingerprint density at radius 2 is 2.03 bits per heavy atom. The molecule has 2 N–H and O–H groups in total. The van der Waals surface area contributed by atoms with Gasteiger partial charge in [-0.1, -0.05) is 24.3 Å². The lowest BCUT2D eigenvalue weighted by Gasteiger charge is -2.13. The summed E-state index contributed by atoms with van der Waals surface area (Å²) in [4.78, 5) is 30.4. The summed E-state index contributed by atoms with van der Waals surface area (Å²) in [7, 11) is 0. The molecule has 1 unspecified atom stereocenters. The first-order valence-corrected chi connectivity index (χ1v) is 10.2. The normalized spacial score (nSPS) is 17.6. The van der Waals surface area contributed by atoms with Gasteiger partial charge in [0.1, 0.15) is 17.2 Å². The first kappa shape index (κ1) is 21.4. The van der Waals surface area contributed by atoms with E-state index >= 15 is 0 Å². The number of rotatable bonds is 6. The number of carboxylic acid groups (broad SMARTS) is 1. The van der Waals surface area contributed by atoms with Crippen LogP contribution in [0.4, 0.5) is 5.69 Å². The number of nitrogens with zero attached hydrogens (tertiary/aromatic N) is 2. The summed E-state index contributed by atoms with van der Waals surface area (Å²) in [6.45, 7) is 5.58. The molecule has 2 aromatic carbocycles. The maximum Gasteiger partial charge on any atom is 0.344 e. The summed E-state index contributed by atoms with van der Waals surface area (Å²) in [6.07, 6.45) is 0.641. The Balaban J connectivity index is 1.95. The molecule has 0 aliphatic carbocycles. The van der Waals surface area contributed by atoms with Gasteiger partial charge in [0.2, 0.25) is 0 Å². The van der Waals surface area contributed by atoms with Crippen molar-refractivity contribution in [1.29, 1.82) is 0 Å². The van der Waals surface area contributed by atoms with Crippen LogP contribution >= 0.6 is 11.8 Å². The summed E-state index contributed by atoms with van der Waals surface area (Å²) in [5.74, 6) is -0.870. The van der Waals surface area contributed by atoms with E-state index in [9.17, 15) is 14.7 Å². The second-order valence-corrected chi connectivity index (χ2v) is 7.69. The lowest BCUT2D eigenvalue weighted by atomic mass is 10.2. The van der Waals surface area contributed by atoms with Gasteiger partial charge in [-0.25, -0.2) is 9.79 Å². The average molecular weight is 426 g/mol. The minimum atomic E-state index is -1.08. The molecule has 3 rings (SSSR count). The fourth-order valence-corrected chi connectivity index (χ4v) is 3.84. The van der Waals surface area contributed by atoms with Crippen LogP contribution in [0.3, 0.4) is 0 Å². The number of phenols is 1. The number of ether oxygens (including phenoxy) is 1. The van der Waals surface area contributed by atoms with Crippen LogP contribution in [-0.2, 0) is 9.59 Å². The van der Waals surface area contributed by atoms with Crippen molar-refractivity contribution in [2.45, 2.75) is 26.9 Å². The SMILES string of the molecule is CCN1C(=O)/C(=C/c2ccccc2OC(C)C(=O)O)SC1=Nc1ccc(C)cc1O. The molecule has 1 aliphatic heterocycles. The fraction of sp³-hybridized carbons (Fsp3) is 0.227. The van der Waals surface area contributed by atoms with Gasteiger partial charge in [-0.05, 0) is 62.4 Å². The van der Waals surface area contributed by atoms with Crippen molar-refractivity contribution in [1.82, 2.24) is 4.90 Å². The van der Waals surface area contributed by atoms with Gasteiger partial charge in [-0.2, -0.15) is 0 Å². The van der Waals surface area contributed by atoms with Crippen LogP contribution in [0.1, 0.15) is 25.0 Å². The van der Waals surface area contributed by atoms with E-state index < -0.39 is 12.1 Å². The average Bonchev–Trinajstić information content (AvgIpc) is 2.99. The molecule has 8 heteroatoms. The third-order valence-electron chi connectivity index (χ3n) is 4.41. The Bertz CT molecular complexity index is 1050.